The molecule has 1 saturated heterocycles. The Hall–Kier alpha value is -3.02. The fraction of sp³-hybridized carbons (Fsp3) is 0.417. The van der Waals surface area contributed by atoms with Crippen molar-refractivity contribution in [2.75, 3.05) is 26.3 Å². The lowest BCUT2D eigenvalue weighted by Gasteiger charge is -2.31. The van der Waals surface area contributed by atoms with E-state index in [1.807, 2.05) is 61.5 Å². The van der Waals surface area contributed by atoms with E-state index in [-0.39, 0.29) is 24.0 Å². The number of carbonyl (C=O) groups is 2. The lowest BCUT2D eigenvalue weighted by atomic mass is 9.93. The van der Waals surface area contributed by atoms with Crippen LogP contribution >= 0.6 is 0 Å². The first-order valence-electron chi connectivity index (χ1n) is 10.6. The number of benzene rings is 2. The second-order valence-electron chi connectivity index (χ2n) is 7.31. The molecule has 160 valence electrons. The van der Waals surface area contributed by atoms with Crippen molar-refractivity contribution in [3.8, 4) is 5.75 Å². The van der Waals surface area contributed by atoms with Gasteiger partial charge in [0, 0.05) is 19.0 Å². The first-order valence-corrected chi connectivity index (χ1v) is 10.6. The Bertz CT molecular complexity index is 815. The molecule has 2 aromatic carbocycles. The van der Waals surface area contributed by atoms with Crippen LogP contribution in [0.5, 0.6) is 5.75 Å². The van der Waals surface area contributed by atoms with Crippen LogP contribution in [-0.2, 0) is 9.53 Å². The van der Waals surface area contributed by atoms with E-state index >= 15 is 0 Å². The van der Waals surface area contributed by atoms with E-state index in [4.69, 9.17) is 9.47 Å². The Balaban J connectivity index is 1.69. The maximum atomic E-state index is 13.1. The van der Waals surface area contributed by atoms with Crippen LogP contribution in [0, 0.1) is 5.92 Å². The van der Waals surface area contributed by atoms with E-state index in [1.165, 1.54) is 0 Å². The van der Waals surface area contributed by atoms with E-state index in [1.54, 1.807) is 11.8 Å². The predicted molar refractivity (Wildman–Crippen MR) is 115 cm³/mol. The molecule has 2 amide bonds. The van der Waals surface area contributed by atoms with Gasteiger partial charge in [0.25, 0.3) is 0 Å². The Morgan fingerprint density at radius 1 is 0.967 bits per heavy atom. The van der Waals surface area contributed by atoms with Gasteiger partial charge in [-0.3, -0.25) is 4.79 Å². The molecule has 0 spiro atoms. The molecule has 1 aliphatic rings. The summed E-state index contributed by atoms with van der Waals surface area (Å²) in [7, 11) is 0. The van der Waals surface area contributed by atoms with Gasteiger partial charge < -0.3 is 19.7 Å². The smallest absolute Gasteiger partial charge is 0.409 e. The molecule has 0 aliphatic carbocycles. The summed E-state index contributed by atoms with van der Waals surface area (Å²) in [5, 5.41) is 3.23. The van der Waals surface area contributed by atoms with Crippen LogP contribution in [0.4, 0.5) is 4.79 Å². The molecule has 1 unspecified atom stereocenters. The van der Waals surface area contributed by atoms with Gasteiger partial charge in [0.05, 0.1) is 19.3 Å². The monoisotopic (exact) mass is 410 g/mol. The fourth-order valence-corrected chi connectivity index (χ4v) is 3.73. The highest BCUT2D eigenvalue weighted by Crippen LogP contribution is 2.26. The molecule has 0 bridgehead atoms. The summed E-state index contributed by atoms with van der Waals surface area (Å²) in [6.07, 6.45) is 0.970. The highest BCUT2D eigenvalue weighted by Gasteiger charge is 2.29. The van der Waals surface area contributed by atoms with Gasteiger partial charge in [-0.2, -0.15) is 0 Å². The van der Waals surface area contributed by atoms with Crippen molar-refractivity contribution < 1.29 is 19.1 Å². The van der Waals surface area contributed by atoms with Gasteiger partial charge in [-0.15, -0.1) is 0 Å². The molecule has 3 rings (SSSR count). The Morgan fingerprint density at radius 3 is 2.20 bits per heavy atom. The molecule has 1 N–H and O–H groups in total. The van der Waals surface area contributed by atoms with Gasteiger partial charge >= 0.3 is 6.09 Å². The van der Waals surface area contributed by atoms with Crippen LogP contribution in [0.15, 0.2) is 54.6 Å². The van der Waals surface area contributed by atoms with Gasteiger partial charge in [-0.25, -0.2) is 4.79 Å². The zero-order valence-electron chi connectivity index (χ0n) is 17.7. The molecule has 2 aromatic rings. The van der Waals surface area contributed by atoms with E-state index in [2.05, 4.69) is 5.32 Å². The average Bonchev–Trinajstić information content (AvgIpc) is 2.79. The number of rotatable bonds is 7. The molecule has 1 aliphatic heterocycles. The minimum absolute atomic E-state index is 0.0150. The maximum Gasteiger partial charge on any atom is 0.409 e. The topological polar surface area (TPSA) is 67.9 Å². The number of ether oxygens (including phenoxy) is 2. The normalized spacial score (nSPS) is 15.3. The first-order chi connectivity index (χ1) is 14.6. The molecule has 0 aromatic heterocycles. The molecule has 30 heavy (non-hydrogen) atoms. The lowest BCUT2D eigenvalue weighted by molar-refractivity contribution is -0.126. The van der Waals surface area contributed by atoms with Gasteiger partial charge in [0.1, 0.15) is 5.75 Å². The predicted octanol–water partition coefficient (Wildman–Crippen LogP) is 4.16. The summed E-state index contributed by atoms with van der Waals surface area (Å²) >= 11 is 0. The quantitative estimate of drug-likeness (QED) is 0.744. The minimum Gasteiger partial charge on any atom is -0.494 e. The number of amides is 2. The summed E-state index contributed by atoms with van der Waals surface area (Å²) in [5.41, 5.74) is 2.03. The van der Waals surface area contributed by atoms with Crippen molar-refractivity contribution in [1.29, 1.82) is 0 Å². The molecule has 0 radical (unpaired) electrons. The number of carbonyl (C=O) groups excluding carboxylic acids is 2. The number of piperidine rings is 1. The standard InChI is InChI=1S/C24H30N2O4/c1-3-29-21-12-10-19(11-13-21)22(18-8-6-5-7-9-18)25-23(27)20-14-16-26(17-15-20)24(28)30-4-2/h5-13,20,22H,3-4,14-17H2,1-2H3,(H,25,27). The van der Waals surface area contributed by atoms with Crippen molar-refractivity contribution in [2.45, 2.75) is 32.7 Å². The van der Waals surface area contributed by atoms with E-state index in [0.717, 1.165) is 16.9 Å². The Kier molecular flexibility index (Phi) is 7.71. The fourth-order valence-electron chi connectivity index (χ4n) is 3.73. The van der Waals surface area contributed by atoms with Crippen molar-refractivity contribution in [1.82, 2.24) is 10.2 Å². The summed E-state index contributed by atoms with van der Waals surface area (Å²) in [6, 6.07) is 17.6. The summed E-state index contributed by atoms with van der Waals surface area (Å²) in [5.74, 6) is 0.705. The third-order valence-corrected chi connectivity index (χ3v) is 5.34. The number of nitrogens with zero attached hydrogens (tertiary/aromatic N) is 1. The third-order valence-electron chi connectivity index (χ3n) is 5.34. The first kappa shape index (κ1) is 21.7. The molecule has 6 heteroatoms. The second kappa shape index (κ2) is 10.7. The Morgan fingerprint density at radius 2 is 1.60 bits per heavy atom. The summed E-state index contributed by atoms with van der Waals surface area (Å²) in [4.78, 5) is 26.6. The SMILES string of the molecule is CCOC(=O)N1CCC(C(=O)NC(c2ccccc2)c2ccc(OCC)cc2)CC1. The molecule has 1 atom stereocenters. The Labute approximate surface area is 178 Å². The highest BCUT2D eigenvalue weighted by atomic mass is 16.6. The van der Waals surface area contributed by atoms with Gasteiger partial charge in [-0.05, 0) is 49.9 Å². The van der Waals surface area contributed by atoms with Crippen LogP contribution in [-0.4, -0.2) is 43.2 Å². The number of hydrogen-bond donors (Lipinski definition) is 1. The minimum atomic E-state index is -0.298. The second-order valence-corrected chi connectivity index (χ2v) is 7.31. The van der Waals surface area contributed by atoms with Gasteiger partial charge in [0.15, 0.2) is 0 Å². The van der Waals surface area contributed by atoms with Crippen molar-refractivity contribution in [2.24, 2.45) is 5.92 Å². The highest BCUT2D eigenvalue weighted by molar-refractivity contribution is 5.80. The molecule has 1 fully saturated rings. The number of hydrogen-bond acceptors (Lipinski definition) is 4. The average molecular weight is 411 g/mol. The van der Waals surface area contributed by atoms with Crippen LogP contribution in [0.1, 0.15) is 43.9 Å². The van der Waals surface area contributed by atoms with Crippen molar-refractivity contribution >= 4 is 12.0 Å². The molecule has 1 heterocycles. The summed E-state index contributed by atoms with van der Waals surface area (Å²) < 4.78 is 10.6. The van der Waals surface area contributed by atoms with Crippen LogP contribution in [0.3, 0.4) is 0 Å². The number of nitrogens with one attached hydrogen (secondary N) is 1. The van der Waals surface area contributed by atoms with Crippen LogP contribution in [0.25, 0.3) is 0 Å². The third kappa shape index (κ3) is 5.53. The van der Waals surface area contributed by atoms with Crippen LogP contribution in [0.2, 0.25) is 0 Å². The zero-order valence-corrected chi connectivity index (χ0v) is 17.7. The van der Waals surface area contributed by atoms with Gasteiger partial charge in [0.2, 0.25) is 5.91 Å². The molecular formula is C24H30N2O4. The lowest BCUT2D eigenvalue weighted by Crippen LogP contribution is -2.44. The van der Waals surface area contributed by atoms with E-state index in [9.17, 15) is 9.59 Å². The van der Waals surface area contributed by atoms with E-state index in [0.29, 0.717) is 39.1 Å². The molecular weight excluding hydrogens is 380 g/mol. The number of likely N-dealkylation sites (tertiary alicyclic amines) is 1. The maximum absolute atomic E-state index is 13.1. The van der Waals surface area contributed by atoms with E-state index < -0.39 is 0 Å². The zero-order chi connectivity index (χ0) is 21.3. The van der Waals surface area contributed by atoms with Crippen molar-refractivity contribution in [3.05, 3.63) is 65.7 Å². The molecule has 0 saturated carbocycles. The van der Waals surface area contributed by atoms with Crippen molar-refractivity contribution in [3.63, 3.8) is 0 Å². The van der Waals surface area contributed by atoms with Crippen LogP contribution < -0.4 is 10.1 Å². The largest absolute Gasteiger partial charge is 0.494 e. The van der Waals surface area contributed by atoms with Gasteiger partial charge in [-0.1, -0.05) is 42.5 Å². The molecule has 6 nitrogen and oxygen atoms in total. The summed E-state index contributed by atoms with van der Waals surface area (Å²) in [6.45, 7) is 5.80.